The number of methoxy groups -OCH3 is 1. The number of hydrogen-bond acceptors (Lipinski definition) is 5. The van der Waals surface area contributed by atoms with E-state index in [1.54, 1.807) is 12.1 Å². The first-order valence-corrected chi connectivity index (χ1v) is 8.72. The predicted octanol–water partition coefficient (Wildman–Crippen LogP) is 2.50. The molecule has 1 unspecified atom stereocenters. The van der Waals surface area contributed by atoms with Crippen LogP contribution in [0.2, 0.25) is 5.02 Å². The average Bonchev–Trinajstić information content (AvgIpc) is 2.53. The minimum atomic E-state index is -0.319. The molecular formula is C18H29ClN2O4. The normalized spacial score (nSPS) is 12.6. The molecule has 0 aliphatic carbocycles. The Hall–Kier alpha value is -1.50. The molecule has 3 N–H and O–H groups in total. The van der Waals surface area contributed by atoms with Gasteiger partial charge >= 0.3 is 0 Å². The first-order valence-electron chi connectivity index (χ1n) is 8.34. The van der Waals surface area contributed by atoms with Gasteiger partial charge in [-0.2, -0.15) is 0 Å². The third-order valence-electron chi connectivity index (χ3n) is 3.50. The van der Waals surface area contributed by atoms with Crippen LogP contribution in [0.5, 0.6) is 11.5 Å². The molecule has 0 aliphatic rings. The van der Waals surface area contributed by atoms with Crippen LogP contribution < -0.4 is 20.1 Å². The summed E-state index contributed by atoms with van der Waals surface area (Å²) in [6.07, 6.45) is 0.815. The van der Waals surface area contributed by atoms with E-state index in [4.69, 9.17) is 21.1 Å². The van der Waals surface area contributed by atoms with Gasteiger partial charge in [0.15, 0.2) is 18.1 Å². The Bertz CT molecular complexity index is 569. The largest absolute Gasteiger partial charge is 0.493 e. The highest BCUT2D eigenvalue weighted by molar-refractivity contribution is 6.31. The summed E-state index contributed by atoms with van der Waals surface area (Å²) in [5.41, 5.74) is 0.511. The van der Waals surface area contributed by atoms with Gasteiger partial charge in [0, 0.05) is 29.2 Å². The molecule has 0 aromatic heterocycles. The summed E-state index contributed by atoms with van der Waals surface area (Å²) in [5, 5.41) is 15.8. The van der Waals surface area contributed by atoms with Crippen molar-refractivity contribution < 1.29 is 19.4 Å². The summed E-state index contributed by atoms with van der Waals surface area (Å²) in [6.45, 7) is 8.15. The minimum Gasteiger partial charge on any atom is -0.493 e. The molecule has 7 heteroatoms. The van der Waals surface area contributed by atoms with Crippen molar-refractivity contribution in [3.63, 3.8) is 0 Å². The van der Waals surface area contributed by atoms with Gasteiger partial charge in [0.25, 0.3) is 5.91 Å². The number of carbonyl (C=O) groups is 1. The first-order chi connectivity index (χ1) is 11.7. The summed E-state index contributed by atoms with van der Waals surface area (Å²) < 4.78 is 10.9. The molecule has 1 atom stereocenters. The van der Waals surface area contributed by atoms with Gasteiger partial charge in [-0.15, -0.1) is 0 Å². The maximum atomic E-state index is 11.9. The molecule has 1 rings (SSSR count). The molecule has 6 nitrogen and oxygen atoms in total. The van der Waals surface area contributed by atoms with Crippen LogP contribution in [0.3, 0.4) is 0 Å². The van der Waals surface area contributed by atoms with Gasteiger partial charge in [0.1, 0.15) is 0 Å². The van der Waals surface area contributed by atoms with E-state index in [2.05, 4.69) is 10.6 Å². The van der Waals surface area contributed by atoms with E-state index in [1.165, 1.54) is 7.11 Å². The minimum absolute atomic E-state index is 0.0130. The maximum absolute atomic E-state index is 11.9. The van der Waals surface area contributed by atoms with Gasteiger partial charge in [0.05, 0.1) is 13.7 Å². The SMILES string of the molecule is CCC(CO)NCc1cc(OC)c(OCC(=O)NC(C)(C)C)cc1Cl. The molecule has 0 bridgehead atoms. The highest BCUT2D eigenvalue weighted by Gasteiger charge is 2.16. The van der Waals surface area contributed by atoms with Crippen LogP contribution >= 0.6 is 11.6 Å². The molecule has 0 heterocycles. The Balaban J connectivity index is 2.79. The van der Waals surface area contributed by atoms with Crippen molar-refractivity contribution in [2.24, 2.45) is 0 Å². The van der Waals surface area contributed by atoms with E-state index >= 15 is 0 Å². The van der Waals surface area contributed by atoms with Crippen molar-refractivity contribution >= 4 is 17.5 Å². The molecule has 0 saturated carbocycles. The number of hydrogen-bond donors (Lipinski definition) is 3. The summed E-state index contributed by atoms with van der Waals surface area (Å²) in [5.74, 6) is 0.696. The lowest BCUT2D eigenvalue weighted by Gasteiger charge is -2.21. The van der Waals surface area contributed by atoms with Crippen molar-refractivity contribution in [1.29, 1.82) is 0 Å². The Morgan fingerprint density at radius 1 is 1.32 bits per heavy atom. The molecule has 142 valence electrons. The quantitative estimate of drug-likeness (QED) is 0.620. The van der Waals surface area contributed by atoms with Crippen molar-refractivity contribution in [2.45, 2.75) is 52.2 Å². The second kappa shape index (κ2) is 9.85. The molecule has 0 aliphatic heterocycles. The van der Waals surface area contributed by atoms with Crippen molar-refractivity contribution in [2.75, 3.05) is 20.3 Å². The Morgan fingerprint density at radius 2 is 2.00 bits per heavy atom. The lowest BCUT2D eigenvalue weighted by Crippen LogP contribution is -2.43. The van der Waals surface area contributed by atoms with Crippen molar-refractivity contribution in [1.82, 2.24) is 10.6 Å². The third kappa shape index (κ3) is 7.50. The van der Waals surface area contributed by atoms with E-state index in [0.29, 0.717) is 23.1 Å². The number of aliphatic hydroxyl groups excluding tert-OH is 1. The monoisotopic (exact) mass is 372 g/mol. The van der Waals surface area contributed by atoms with Crippen LogP contribution in [0, 0.1) is 0 Å². The van der Waals surface area contributed by atoms with Crippen LogP contribution in [-0.2, 0) is 11.3 Å². The molecule has 0 fully saturated rings. The zero-order valence-electron chi connectivity index (χ0n) is 15.6. The Morgan fingerprint density at radius 3 is 2.52 bits per heavy atom. The first kappa shape index (κ1) is 21.5. The van der Waals surface area contributed by atoms with Crippen LogP contribution in [0.25, 0.3) is 0 Å². The van der Waals surface area contributed by atoms with Gasteiger partial charge in [0.2, 0.25) is 0 Å². The molecule has 1 aromatic carbocycles. The maximum Gasteiger partial charge on any atom is 0.258 e. The van der Waals surface area contributed by atoms with Crippen LogP contribution in [0.4, 0.5) is 0 Å². The fourth-order valence-electron chi connectivity index (χ4n) is 2.17. The smallest absolute Gasteiger partial charge is 0.258 e. The van der Waals surface area contributed by atoms with Gasteiger partial charge in [-0.05, 0) is 38.8 Å². The van der Waals surface area contributed by atoms with Crippen molar-refractivity contribution in [3.05, 3.63) is 22.7 Å². The van der Waals surface area contributed by atoms with Crippen LogP contribution in [0.15, 0.2) is 12.1 Å². The zero-order valence-corrected chi connectivity index (χ0v) is 16.4. The van der Waals surface area contributed by atoms with E-state index in [0.717, 1.165) is 12.0 Å². The van der Waals surface area contributed by atoms with Gasteiger partial charge < -0.3 is 25.2 Å². The molecule has 1 amide bonds. The zero-order chi connectivity index (χ0) is 19.0. The second-order valence-electron chi connectivity index (χ2n) is 6.85. The number of nitrogens with one attached hydrogen (secondary N) is 2. The number of amides is 1. The number of aliphatic hydroxyl groups is 1. The number of ether oxygens (including phenoxy) is 2. The topological polar surface area (TPSA) is 79.8 Å². The van der Waals surface area contributed by atoms with E-state index < -0.39 is 0 Å². The molecule has 0 spiro atoms. The fourth-order valence-corrected chi connectivity index (χ4v) is 2.40. The van der Waals surface area contributed by atoms with E-state index in [-0.39, 0.29) is 30.7 Å². The fraction of sp³-hybridized carbons (Fsp3) is 0.611. The van der Waals surface area contributed by atoms with Gasteiger partial charge in [-0.1, -0.05) is 18.5 Å². The van der Waals surface area contributed by atoms with Crippen LogP contribution in [-0.4, -0.2) is 42.9 Å². The number of benzene rings is 1. The highest BCUT2D eigenvalue weighted by Crippen LogP contribution is 2.33. The predicted molar refractivity (Wildman–Crippen MR) is 99.4 cm³/mol. The molecule has 1 aromatic rings. The molecule has 25 heavy (non-hydrogen) atoms. The lowest BCUT2D eigenvalue weighted by atomic mass is 10.1. The van der Waals surface area contributed by atoms with Gasteiger partial charge in [-0.25, -0.2) is 0 Å². The second-order valence-corrected chi connectivity index (χ2v) is 7.26. The molecular weight excluding hydrogens is 344 g/mol. The number of halogens is 1. The molecule has 0 radical (unpaired) electrons. The van der Waals surface area contributed by atoms with E-state index in [1.807, 2.05) is 27.7 Å². The summed E-state index contributed by atoms with van der Waals surface area (Å²) in [7, 11) is 1.53. The van der Waals surface area contributed by atoms with Crippen molar-refractivity contribution in [3.8, 4) is 11.5 Å². The van der Waals surface area contributed by atoms with Crippen LogP contribution in [0.1, 0.15) is 39.7 Å². The third-order valence-corrected chi connectivity index (χ3v) is 3.85. The standard InChI is InChI=1S/C18H29ClN2O4/c1-6-13(10-22)20-9-12-7-15(24-5)16(8-14(12)19)25-11-17(23)21-18(2,3)4/h7-8,13,20,22H,6,9-11H2,1-5H3,(H,21,23). The molecule has 0 saturated heterocycles. The Kier molecular flexibility index (Phi) is 8.48. The van der Waals surface area contributed by atoms with Gasteiger partial charge in [-0.3, -0.25) is 4.79 Å². The summed E-state index contributed by atoms with van der Waals surface area (Å²) in [6, 6.07) is 3.43. The summed E-state index contributed by atoms with van der Waals surface area (Å²) >= 11 is 6.31. The Labute approximate surface area is 154 Å². The summed E-state index contributed by atoms with van der Waals surface area (Å²) in [4.78, 5) is 11.9. The van der Waals surface area contributed by atoms with E-state index in [9.17, 15) is 9.90 Å². The number of rotatable bonds is 9. The lowest BCUT2D eigenvalue weighted by molar-refractivity contribution is -0.124. The highest BCUT2D eigenvalue weighted by atomic mass is 35.5. The number of carbonyl (C=O) groups excluding carboxylic acids is 1. The average molecular weight is 373 g/mol.